The van der Waals surface area contributed by atoms with E-state index in [4.69, 9.17) is 0 Å². The molecule has 102 valence electrons. The van der Waals surface area contributed by atoms with Crippen molar-refractivity contribution in [2.24, 2.45) is 0 Å². The summed E-state index contributed by atoms with van der Waals surface area (Å²) in [6.07, 6.45) is 3.63. The van der Waals surface area contributed by atoms with Gasteiger partial charge in [0, 0.05) is 30.5 Å². The van der Waals surface area contributed by atoms with Crippen molar-refractivity contribution in [3.63, 3.8) is 0 Å². The second-order valence-corrected chi connectivity index (χ2v) is 7.67. The first-order valence-corrected chi connectivity index (χ1v) is 8.44. The van der Waals surface area contributed by atoms with Crippen molar-refractivity contribution in [3.8, 4) is 0 Å². The molecule has 0 aromatic carbocycles. The summed E-state index contributed by atoms with van der Waals surface area (Å²) in [6.45, 7) is 0.846. The fourth-order valence-electron chi connectivity index (χ4n) is 2.09. The molecule has 0 bridgehead atoms. The molecule has 20 heavy (non-hydrogen) atoms. The molecular formula is C14H11Br2N3S. The Morgan fingerprint density at radius 3 is 2.85 bits per heavy atom. The molecule has 6 heteroatoms. The van der Waals surface area contributed by atoms with Crippen LogP contribution in [0.3, 0.4) is 0 Å². The molecule has 0 fully saturated rings. The molecule has 0 saturated carbocycles. The van der Waals surface area contributed by atoms with E-state index in [1.165, 1.54) is 5.56 Å². The van der Waals surface area contributed by atoms with Gasteiger partial charge in [-0.3, -0.25) is 9.97 Å². The summed E-state index contributed by atoms with van der Waals surface area (Å²) < 4.78 is 2.10. The minimum Gasteiger partial charge on any atom is -0.368 e. The summed E-state index contributed by atoms with van der Waals surface area (Å²) in [7, 11) is 2.07. The van der Waals surface area contributed by atoms with Crippen LogP contribution in [0.2, 0.25) is 0 Å². The van der Waals surface area contributed by atoms with E-state index in [1.807, 2.05) is 24.5 Å². The van der Waals surface area contributed by atoms with Gasteiger partial charge in [-0.05, 0) is 61.0 Å². The van der Waals surface area contributed by atoms with Crippen LogP contribution in [-0.2, 0) is 6.54 Å². The molecule has 0 N–H and O–H groups in total. The van der Waals surface area contributed by atoms with Gasteiger partial charge in [0.05, 0.1) is 15.0 Å². The van der Waals surface area contributed by atoms with Crippen LogP contribution in [0.15, 0.2) is 44.2 Å². The molecule has 0 amide bonds. The van der Waals surface area contributed by atoms with E-state index >= 15 is 0 Å². The summed E-state index contributed by atoms with van der Waals surface area (Å²) in [6, 6.07) is 6.14. The van der Waals surface area contributed by atoms with Gasteiger partial charge in [0.15, 0.2) is 0 Å². The number of halogens is 2. The third-order valence-corrected chi connectivity index (χ3v) is 4.96. The molecule has 3 heterocycles. The Bertz CT molecular complexity index is 757. The molecule has 0 radical (unpaired) electrons. The lowest BCUT2D eigenvalue weighted by atomic mass is 10.2. The number of thiophene rings is 1. The van der Waals surface area contributed by atoms with Gasteiger partial charge in [0.1, 0.15) is 5.52 Å². The molecule has 0 unspecified atom stereocenters. The Hall–Kier alpha value is -0.980. The van der Waals surface area contributed by atoms with Gasteiger partial charge < -0.3 is 4.90 Å². The van der Waals surface area contributed by atoms with Crippen LogP contribution in [0, 0.1) is 0 Å². The van der Waals surface area contributed by atoms with Crippen molar-refractivity contribution in [1.29, 1.82) is 0 Å². The zero-order valence-electron chi connectivity index (χ0n) is 10.7. The van der Waals surface area contributed by atoms with Crippen LogP contribution in [0.1, 0.15) is 5.56 Å². The Morgan fingerprint density at radius 1 is 1.25 bits per heavy atom. The minimum absolute atomic E-state index is 0.846. The summed E-state index contributed by atoms with van der Waals surface area (Å²) in [5.41, 5.74) is 4.19. The summed E-state index contributed by atoms with van der Waals surface area (Å²) in [5, 5.41) is 2.16. The molecule has 0 aliphatic carbocycles. The fraction of sp³-hybridized carbons (Fsp3) is 0.143. The number of hydrogen-bond acceptors (Lipinski definition) is 4. The van der Waals surface area contributed by atoms with Crippen LogP contribution in [0.25, 0.3) is 11.0 Å². The average molecular weight is 413 g/mol. The Morgan fingerprint density at radius 2 is 2.10 bits per heavy atom. The van der Waals surface area contributed by atoms with Crippen LogP contribution in [-0.4, -0.2) is 17.0 Å². The molecule has 3 aromatic heterocycles. The molecule has 0 aliphatic heterocycles. The maximum absolute atomic E-state index is 4.49. The number of fused-ring (bicyclic) bond motifs is 1. The zero-order valence-corrected chi connectivity index (χ0v) is 14.7. The lowest BCUT2D eigenvalue weighted by Crippen LogP contribution is -2.16. The lowest BCUT2D eigenvalue weighted by Gasteiger charge is -2.19. The normalized spacial score (nSPS) is 10.9. The Kier molecular flexibility index (Phi) is 4.05. The van der Waals surface area contributed by atoms with Crippen molar-refractivity contribution in [1.82, 2.24) is 9.97 Å². The maximum atomic E-state index is 4.49. The standard InChI is InChI=1S/C14H11Br2N3S/c1-19(7-9-4-13(16)20-8-9)12-2-3-17-11-5-10(15)6-18-14(11)12/h2-6,8H,7H2,1H3. The second-order valence-electron chi connectivity index (χ2n) is 4.47. The van der Waals surface area contributed by atoms with Gasteiger partial charge in [0.25, 0.3) is 0 Å². The number of hydrogen-bond donors (Lipinski definition) is 0. The van der Waals surface area contributed by atoms with Gasteiger partial charge in [0.2, 0.25) is 0 Å². The molecule has 0 spiro atoms. The lowest BCUT2D eigenvalue weighted by molar-refractivity contribution is 0.929. The van der Waals surface area contributed by atoms with E-state index in [-0.39, 0.29) is 0 Å². The number of anilines is 1. The molecule has 3 aromatic rings. The maximum Gasteiger partial charge on any atom is 0.112 e. The summed E-state index contributed by atoms with van der Waals surface area (Å²) >= 11 is 8.63. The fourth-order valence-corrected chi connectivity index (χ4v) is 3.61. The Balaban J connectivity index is 1.96. The smallest absolute Gasteiger partial charge is 0.112 e. The van der Waals surface area contributed by atoms with E-state index in [9.17, 15) is 0 Å². The van der Waals surface area contributed by atoms with E-state index in [2.05, 4.69) is 65.2 Å². The highest BCUT2D eigenvalue weighted by Gasteiger charge is 2.10. The average Bonchev–Trinajstić information content (AvgIpc) is 2.83. The van der Waals surface area contributed by atoms with Crippen molar-refractivity contribution in [2.45, 2.75) is 6.54 Å². The third kappa shape index (κ3) is 2.87. The largest absolute Gasteiger partial charge is 0.368 e. The predicted octanol–water partition coefficient (Wildman–Crippen LogP) is 4.85. The van der Waals surface area contributed by atoms with E-state index in [0.29, 0.717) is 0 Å². The predicted molar refractivity (Wildman–Crippen MR) is 91.4 cm³/mol. The molecule has 0 saturated heterocycles. The molecule has 3 nitrogen and oxygen atoms in total. The van der Waals surface area contributed by atoms with Gasteiger partial charge in [-0.1, -0.05) is 0 Å². The van der Waals surface area contributed by atoms with Gasteiger partial charge >= 0.3 is 0 Å². The first-order chi connectivity index (χ1) is 9.63. The molecule has 3 rings (SSSR count). The number of nitrogens with zero attached hydrogens (tertiary/aromatic N) is 3. The van der Waals surface area contributed by atoms with E-state index < -0.39 is 0 Å². The van der Waals surface area contributed by atoms with Gasteiger partial charge in [-0.25, -0.2) is 0 Å². The first-order valence-electron chi connectivity index (χ1n) is 5.98. The number of rotatable bonds is 3. The number of pyridine rings is 2. The molecular weight excluding hydrogens is 402 g/mol. The SMILES string of the molecule is CN(Cc1csc(Br)c1)c1ccnc2cc(Br)cnc12. The Labute approximate surface area is 137 Å². The van der Waals surface area contributed by atoms with Crippen molar-refractivity contribution < 1.29 is 0 Å². The highest BCUT2D eigenvalue weighted by molar-refractivity contribution is 9.11. The molecule has 0 aliphatic rings. The minimum atomic E-state index is 0.846. The quantitative estimate of drug-likeness (QED) is 0.615. The topological polar surface area (TPSA) is 29.0 Å². The van der Waals surface area contributed by atoms with Crippen LogP contribution in [0.4, 0.5) is 5.69 Å². The molecule has 0 atom stereocenters. The van der Waals surface area contributed by atoms with Crippen LogP contribution in [0.5, 0.6) is 0 Å². The van der Waals surface area contributed by atoms with Gasteiger partial charge in [-0.15, -0.1) is 11.3 Å². The van der Waals surface area contributed by atoms with Crippen LogP contribution >= 0.6 is 43.2 Å². The highest BCUT2D eigenvalue weighted by atomic mass is 79.9. The third-order valence-electron chi connectivity index (χ3n) is 2.98. The second kappa shape index (κ2) is 5.79. The van der Waals surface area contributed by atoms with Crippen molar-refractivity contribution in [3.05, 3.63) is 49.8 Å². The van der Waals surface area contributed by atoms with Crippen molar-refractivity contribution in [2.75, 3.05) is 11.9 Å². The van der Waals surface area contributed by atoms with Crippen molar-refractivity contribution >= 4 is 59.9 Å². The van der Waals surface area contributed by atoms with Crippen LogP contribution < -0.4 is 4.90 Å². The number of aromatic nitrogens is 2. The zero-order chi connectivity index (χ0) is 14.1. The summed E-state index contributed by atoms with van der Waals surface area (Å²) in [5.74, 6) is 0. The summed E-state index contributed by atoms with van der Waals surface area (Å²) in [4.78, 5) is 11.1. The van der Waals surface area contributed by atoms with E-state index in [1.54, 1.807) is 11.3 Å². The first kappa shape index (κ1) is 14.0. The van der Waals surface area contributed by atoms with Gasteiger partial charge in [-0.2, -0.15) is 0 Å². The monoisotopic (exact) mass is 411 g/mol. The highest BCUT2D eigenvalue weighted by Crippen LogP contribution is 2.27. The van der Waals surface area contributed by atoms with E-state index in [0.717, 1.165) is 31.5 Å².